The van der Waals surface area contributed by atoms with Crippen molar-refractivity contribution in [1.29, 1.82) is 0 Å². The van der Waals surface area contributed by atoms with Gasteiger partial charge in [-0.1, -0.05) is 0 Å². The molecule has 0 saturated carbocycles. The number of halogens is 2. The maximum Gasteiger partial charge on any atom is 0.270 e. The van der Waals surface area contributed by atoms with Gasteiger partial charge in [-0.25, -0.2) is 0 Å². The van der Waals surface area contributed by atoms with E-state index in [-0.39, 0.29) is 17.6 Å². The molecule has 2 saturated heterocycles. The summed E-state index contributed by atoms with van der Waals surface area (Å²) in [7, 11) is 0. The largest absolute Gasteiger partial charge is 0.396 e. The van der Waals surface area contributed by atoms with Crippen LogP contribution in [-0.4, -0.2) is 36.2 Å². The monoisotopic (exact) mass is 203 g/mol. The van der Waals surface area contributed by atoms with Crippen molar-refractivity contribution in [2.45, 2.75) is 19.3 Å². The Morgan fingerprint density at radius 1 is 1.50 bits per heavy atom. The minimum atomic E-state index is -1.55. The molecular weight excluding hydrogens is 188 g/mol. The first-order chi connectivity index (χ1) is 6.65. The molecule has 2 aliphatic rings. The van der Waals surface area contributed by atoms with Crippen LogP contribution in [0.4, 0.5) is 8.78 Å². The van der Waals surface area contributed by atoms with Gasteiger partial charge in [-0.15, -0.1) is 0 Å². The summed E-state index contributed by atoms with van der Waals surface area (Å²) in [6, 6.07) is 0. The third kappa shape index (κ3) is 1.68. The van der Waals surface area contributed by atoms with E-state index >= 15 is 0 Å². The molecule has 2 nitrogen and oxygen atoms in total. The van der Waals surface area contributed by atoms with Crippen LogP contribution in [0.2, 0.25) is 0 Å². The first-order valence-electron chi connectivity index (χ1n) is 5.01. The fourth-order valence-corrected chi connectivity index (χ4v) is 2.68. The van der Waals surface area contributed by atoms with E-state index in [0.717, 1.165) is 25.9 Å². The normalized spacial score (nSPS) is 37.1. The highest BCUT2D eigenvalue weighted by molar-refractivity contribution is 5.14. The van der Waals surface area contributed by atoms with E-state index in [1.54, 1.807) is 0 Å². The average Bonchev–Trinajstić information content (AvgIpc) is 2.17. The van der Waals surface area contributed by atoms with Gasteiger partial charge in [0.1, 0.15) is 0 Å². The lowest BCUT2D eigenvalue weighted by Gasteiger charge is -2.46. The minimum Gasteiger partial charge on any atom is -0.396 e. The highest BCUT2D eigenvalue weighted by Gasteiger charge is 2.40. The second-order valence-electron chi connectivity index (χ2n) is 4.51. The van der Waals surface area contributed by atoms with Crippen LogP contribution in [0.25, 0.3) is 0 Å². The van der Waals surface area contributed by atoms with E-state index in [2.05, 4.69) is 0 Å². The van der Waals surface area contributed by atoms with Gasteiger partial charge < -0.3 is 5.11 Å². The predicted molar refractivity (Wildman–Crippen MR) is 49.1 cm³/mol. The third-order valence-electron chi connectivity index (χ3n) is 3.35. The summed E-state index contributed by atoms with van der Waals surface area (Å²) in [5.41, 5.74) is -0.0556. The molecule has 1 N–H and O–H groups in total. The number of piperidine rings is 2. The van der Waals surface area contributed by atoms with E-state index in [1.807, 2.05) is 4.90 Å². The van der Waals surface area contributed by atoms with Crippen molar-refractivity contribution in [2.24, 2.45) is 5.41 Å². The molecular formula is C10H15F2NO. The summed E-state index contributed by atoms with van der Waals surface area (Å²) in [5, 5.41) is 9.30. The Hall–Kier alpha value is -0.480. The van der Waals surface area contributed by atoms with E-state index in [0.29, 0.717) is 13.0 Å². The molecule has 0 amide bonds. The molecule has 2 aliphatic heterocycles. The molecule has 0 aliphatic carbocycles. The Morgan fingerprint density at radius 3 is 2.93 bits per heavy atom. The molecule has 0 aromatic rings. The molecule has 0 aromatic carbocycles. The lowest BCUT2D eigenvalue weighted by atomic mass is 9.73. The van der Waals surface area contributed by atoms with Crippen LogP contribution in [0.5, 0.6) is 0 Å². The van der Waals surface area contributed by atoms with Crippen LogP contribution in [0.3, 0.4) is 0 Å². The molecule has 0 radical (unpaired) electrons. The van der Waals surface area contributed by atoms with Crippen molar-refractivity contribution in [2.75, 3.05) is 26.2 Å². The van der Waals surface area contributed by atoms with E-state index in [1.165, 1.54) is 0 Å². The average molecular weight is 203 g/mol. The fraction of sp³-hybridized carbons (Fsp3) is 0.800. The molecule has 0 aromatic heterocycles. The second kappa shape index (κ2) is 3.59. The number of nitrogens with zero attached hydrogens (tertiary/aromatic N) is 1. The molecule has 0 spiro atoms. The van der Waals surface area contributed by atoms with Crippen LogP contribution >= 0.6 is 0 Å². The van der Waals surface area contributed by atoms with E-state index in [4.69, 9.17) is 0 Å². The number of hydrogen-bond acceptors (Lipinski definition) is 2. The van der Waals surface area contributed by atoms with Crippen molar-refractivity contribution < 1.29 is 13.9 Å². The second-order valence-corrected chi connectivity index (χ2v) is 4.51. The summed E-state index contributed by atoms with van der Waals surface area (Å²) in [5.74, 6) is 0. The smallest absolute Gasteiger partial charge is 0.270 e. The topological polar surface area (TPSA) is 23.5 Å². The maximum absolute atomic E-state index is 12.5. The van der Waals surface area contributed by atoms with Gasteiger partial charge in [-0.3, -0.25) is 4.90 Å². The van der Waals surface area contributed by atoms with Gasteiger partial charge in [-0.05, 0) is 25.8 Å². The maximum atomic E-state index is 12.5. The summed E-state index contributed by atoms with van der Waals surface area (Å²) in [6.07, 6.45) is 0.718. The Kier molecular flexibility index (Phi) is 2.58. The van der Waals surface area contributed by atoms with Crippen LogP contribution < -0.4 is 0 Å². The van der Waals surface area contributed by atoms with Gasteiger partial charge >= 0.3 is 0 Å². The van der Waals surface area contributed by atoms with Crippen LogP contribution in [0.1, 0.15) is 19.3 Å². The SMILES string of the molecule is OCC12CCCN(CC(=C(F)F)C1)C2. The van der Waals surface area contributed by atoms with Crippen molar-refractivity contribution in [3.63, 3.8) is 0 Å². The Balaban J connectivity index is 2.22. The number of hydrogen-bond donors (Lipinski definition) is 1. The summed E-state index contributed by atoms with van der Waals surface area (Å²) >= 11 is 0. The molecule has 14 heavy (non-hydrogen) atoms. The molecule has 2 fully saturated rings. The highest BCUT2D eigenvalue weighted by Crippen LogP contribution is 2.41. The molecule has 2 atom stereocenters. The van der Waals surface area contributed by atoms with E-state index in [9.17, 15) is 13.9 Å². The van der Waals surface area contributed by atoms with Gasteiger partial charge in [0.05, 0.1) is 6.61 Å². The molecule has 2 heterocycles. The van der Waals surface area contributed by atoms with Crippen LogP contribution in [-0.2, 0) is 0 Å². The number of fused-ring (bicyclic) bond motifs is 2. The van der Waals surface area contributed by atoms with Gasteiger partial charge in [0.25, 0.3) is 6.08 Å². The van der Waals surface area contributed by atoms with Gasteiger partial charge in [0.15, 0.2) is 0 Å². The molecule has 2 bridgehead atoms. The van der Waals surface area contributed by atoms with Gasteiger partial charge in [-0.2, -0.15) is 8.78 Å². The zero-order valence-corrected chi connectivity index (χ0v) is 8.10. The quantitative estimate of drug-likeness (QED) is 0.700. The minimum absolute atomic E-state index is 0.0281. The molecule has 2 rings (SSSR count). The Labute approximate surface area is 82.2 Å². The Bertz CT molecular complexity index is 263. The summed E-state index contributed by atoms with van der Waals surface area (Å²) < 4.78 is 25.0. The van der Waals surface area contributed by atoms with Gasteiger partial charge in [0, 0.05) is 24.1 Å². The molecule has 4 heteroatoms. The lowest BCUT2D eigenvalue weighted by Crippen LogP contribution is -2.50. The van der Waals surface area contributed by atoms with Crippen molar-refractivity contribution >= 4 is 0 Å². The van der Waals surface area contributed by atoms with Crippen molar-refractivity contribution in [3.8, 4) is 0 Å². The first-order valence-corrected chi connectivity index (χ1v) is 5.01. The predicted octanol–water partition coefficient (Wildman–Crippen LogP) is 1.62. The summed E-state index contributed by atoms with van der Waals surface area (Å²) in [4.78, 5) is 2.03. The standard InChI is InChI=1S/C10H15F2NO/c11-9(12)8-4-10(7-14)2-1-3-13(5-8)6-10/h14H,1-7H2. The lowest BCUT2D eigenvalue weighted by molar-refractivity contribution is 0.0129. The number of aliphatic hydroxyl groups excluding tert-OH is 1. The van der Waals surface area contributed by atoms with Crippen molar-refractivity contribution in [1.82, 2.24) is 4.90 Å². The molecule has 80 valence electrons. The Morgan fingerprint density at radius 2 is 2.29 bits per heavy atom. The molecule has 2 unspecified atom stereocenters. The zero-order valence-electron chi connectivity index (χ0n) is 8.10. The summed E-state index contributed by atoms with van der Waals surface area (Å²) in [6.45, 7) is 2.09. The van der Waals surface area contributed by atoms with Crippen LogP contribution in [0, 0.1) is 5.41 Å². The first kappa shape index (κ1) is 10.1. The van der Waals surface area contributed by atoms with Crippen molar-refractivity contribution in [3.05, 3.63) is 11.7 Å². The fourth-order valence-electron chi connectivity index (χ4n) is 2.68. The zero-order chi connectivity index (χ0) is 10.2. The third-order valence-corrected chi connectivity index (χ3v) is 3.35. The number of aliphatic hydroxyl groups is 1. The van der Waals surface area contributed by atoms with Gasteiger partial charge in [0.2, 0.25) is 0 Å². The number of rotatable bonds is 1. The van der Waals surface area contributed by atoms with Crippen LogP contribution in [0.15, 0.2) is 11.7 Å². The highest BCUT2D eigenvalue weighted by atomic mass is 19.3. The van der Waals surface area contributed by atoms with E-state index < -0.39 is 6.08 Å².